The predicted molar refractivity (Wildman–Crippen MR) is 58.0 cm³/mol. The van der Waals surface area contributed by atoms with Gasteiger partial charge < -0.3 is 9.84 Å². The van der Waals surface area contributed by atoms with Crippen LogP contribution in [0.3, 0.4) is 0 Å². The Kier molecular flexibility index (Phi) is 4.41. The number of nitrogens with zero attached hydrogens (tertiary/aromatic N) is 1. The summed E-state index contributed by atoms with van der Waals surface area (Å²) in [5, 5.41) is 18.1. The molecular weight excluding hydrogens is 214 g/mol. The predicted octanol–water partition coefficient (Wildman–Crippen LogP) is 2.36. The van der Waals surface area contributed by atoms with Crippen LogP contribution in [0.15, 0.2) is 18.2 Å². The fraction of sp³-hybridized carbons (Fsp3) is 0.364. The van der Waals surface area contributed by atoms with Gasteiger partial charge in [0.15, 0.2) is 0 Å². The van der Waals surface area contributed by atoms with Crippen LogP contribution < -0.4 is 4.74 Å². The highest BCUT2D eigenvalue weighted by Gasteiger charge is 2.03. The second kappa shape index (κ2) is 5.59. The highest BCUT2D eigenvalue weighted by Crippen LogP contribution is 2.25. The molecule has 0 spiro atoms. The molecule has 1 aromatic rings. The molecule has 1 N–H and O–H groups in total. The van der Waals surface area contributed by atoms with Gasteiger partial charge in [-0.3, -0.25) is 0 Å². The van der Waals surface area contributed by atoms with Crippen LogP contribution in [0.4, 0.5) is 0 Å². The van der Waals surface area contributed by atoms with Crippen molar-refractivity contribution in [3.8, 4) is 11.8 Å². The molecule has 0 amide bonds. The summed E-state index contributed by atoms with van der Waals surface area (Å²) in [6, 6.07) is 6.84. The average molecular weight is 226 g/mol. The lowest BCUT2D eigenvalue weighted by molar-refractivity contribution is 0.155. The van der Waals surface area contributed by atoms with E-state index in [1.54, 1.807) is 25.1 Å². The first-order chi connectivity index (χ1) is 7.13. The van der Waals surface area contributed by atoms with Gasteiger partial charge in [0.25, 0.3) is 0 Å². The Morgan fingerprint density at radius 2 is 2.33 bits per heavy atom. The molecule has 0 aromatic heterocycles. The molecule has 0 bridgehead atoms. The highest BCUT2D eigenvalue weighted by molar-refractivity contribution is 6.32. The largest absolute Gasteiger partial charge is 0.492 e. The van der Waals surface area contributed by atoms with Crippen molar-refractivity contribution in [3.05, 3.63) is 28.8 Å². The molecule has 1 rings (SSSR count). The van der Waals surface area contributed by atoms with Crippen molar-refractivity contribution in [3.63, 3.8) is 0 Å². The molecule has 80 valence electrons. The minimum absolute atomic E-state index is 0.387. The van der Waals surface area contributed by atoms with Gasteiger partial charge in [0.05, 0.1) is 29.4 Å². The van der Waals surface area contributed by atoms with Crippen molar-refractivity contribution < 1.29 is 9.84 Å². The summed E-state index contributed by atoms with van der Waals surface area (Å²) >= 11 is 5.88. The van der Waals surface area contributed by atoms with Gasteiger partial charge in [0, 0.05) is 6.42 Å². The molecule has 1 unspecified atom stereocenters. The van der Waals surface area contributed by atoms with E-state index >= 15 is 0 Å². The number of benzene rings is 1. The lowest BCUT2D eigenvalue weighted by Gasteiger charge is -2.08. The fourth-order valence-corrected chi connectivity index (χ4v) is 1.26. The molecular formula is C11H12ClNO2. The van der Waals surface area contributed by atoms with Gasteiger partial charge in [0.1, 0.15) is 5.75 Å². The Morgan fingerprint density at radius 3 is 2.87 bits per heavy atom. The van der Waals surface area contributed by atoms with Crippen molar-refractivity contribution in [1.29, 1.82) is 5.26 Å². The summed E-state index contributed by atoms with van der Waals surface area (Å²) in [5.74, 6) is 0.538. The van der Waals surface area contributed by atoms with Crippen LogP contribution in [0, 0.1) is 11.3 Å². The molecule has 0 aliphatic carbocycles. The second-order valence-corrected chi connectivity index (χ2v) is 3.65. The summed E-state index contributed by atoms with van der Waals surface area (Å²) in [7, 11) is 0. The zero-order chi connectivity index (χ0) is 11.3. The third-order valence-electron chi connectivity index (χ3n) is 1.85. The van der Waals surface area contributed by atoms with Gasteiger partial charge in [-0.15, -0.1) is 0 Å². The van der Waals surface area contributed by atoms with Crippen molar-refractivity contribution in [2.24, 2.45) is 0 Å². The van der Waals surface area contributed by atoms with E-state index in [9.17, 15) is 0 Å². The Balaban J connectivity index is 2.59. The zero-order valence-corrected chi connectivity index (χ0v) is 9.16. The maximum atomic E-state index is 9.03. The van der Waals surface area contributed by atoms with Gasteiger partial charge in [-0.05, 0) is 25.1 Å². The molecule has 0 aliphatic rings. The lowest BCUT2D eigenvalue weighted by Crippen LogP contribution is -2.07. The van der Waals surface area contributed by atoms with E-state index in [1.165, 1.54) is 0 Å². The Hall–Kier alpha value is -1.24. The Morgan fingerprint density at radius 1 is 1.60 bits per heavy atom. The molecule has 15 heavy (non-hydrogen) atoms. The minimum Gasteiger partial charge on any atom is -0.492 e. The summed E-state index contributed by atoms with van der Waals surface area (Å²) in [4.78, 5) is 0. The number of halogens is 1. The summed E-state index contributed by atoms with van der Waals surface area (Å²) in [5.41, 5.74) is 0.503. The Labute approximate surface area is 93.9 Å². The number of hydrogen-bond acceptors (Lipinski definition) is 3. The smallest absolute Gasteiger partial charge is 0.137 e. The summed E-state index contributed by atoms with van der Waals surface area (Å²) in [6.45, 7) is 2.10. The molecule has 3 nitrogen and oxygen atoms in total. The second-order valence-electron chi connectivity index (χ2n) is 3.24. The van der Waals surface area contributed by atoms with Crippen LogP contribution in [0.25, 0.3) is 0 Å². The van der Waals surface area contributed by atoms with E-state index in [-0.39, 0.29) is 6.10 Å². The lowest BCUT2D eigenvalue weighted by atomic mass is 10.2. The summed E-state index contributed by atoms with van der Waals surface area (Å²) < 4.78 is 5.35. The van der Waals surface area contributed by atoms with E-state index in [4.69, 9.17) is 26.7 Å². The molecule has 0 saturated heterocycles. The van der Waals surface area contributed by atoms with Crippen LogP contribution in [0.1, 0.15) is 18.9 Å². The number of aliphatic hydroxyl groups excluding tert-OH is 1. The van der Waals surface area contributed by atoms with Crippen LogP contribution in [0.5, 0.6) is 5.75 Å². The van der Waals surface area contributed by atoms with Gasteiger partial charge >= 0.3 is 0 Å². The minimum atomic E-state index is -0.387. The van der Waals surface area contributed by atoms with Crippen LogP contribution >= 0.6 is 11.6 Å². The summed E-state index contributed by atoms with van der Waals surface area (Å²) in [6.07, 6.45) is 0.165. The van der Waals surface area contributed by atoms with Gasteiger partial charge in [-0.2, -0.15) is 5.26 Å². The first-order valence-corrected chi connectivity index (χ1v) is 5.02. The number of hydrogen-bond donors (Lipinski definition) is 1. The van der Waals surface area contributed by atoms with E-state index in [0.717, 1.165) is 0 Å². The number of aliphatic hydroxyl groups is 1. The number of nitriles is 1. The number of rotatable bonds is 4. The van der Waals surface area contributed by atoms with Crippen molar-refractivity contribution in [1.82, 2.24) is 0 Å². The third-order valence-corrected chi connectivity index (χ3v) is 2.15. The normalized spacial score (nSPS) is 11.9. The van der Waals surface area contributed by atoms with Gasteiger partial charge in [-0.25, -0.2) is 0 Å². The monoisotopic (exact) mass is 225 g/mol. The third kappa shape index (κ3) is 3.78. The first-order valence-electron chi connectivity index (χ1n) is 4.64. The SMILES string of the molecule is CC(O)CCOc1ccc(C#N)cc1Cl. The number of ether oxygens (including phenoxy) is 1. The topological polar surface area (TPSA) is 53.2 Å². The standard InChI is InChI=1S/C11H12ClNO2/c1-8(14)4-5-15-11-3-2-9(7-13)6-10(11)12/h2-3,6,8,14H,4-5H2,1H3. The van der Waals surface area contributed by atoms with Crippen LogP contribution in [0.2, 0.25) is 5.02 Å². The van der Waals surface area contributed by atoms with Crippen LogP contribution in [-0.4, -0.2) is 17.8 Å². The molecule has 0 aliphatic heterocycles. The maximum absolute atomic E-state index is 9.03. The highest BCUT2D eigenvalue weighted by atomic mass is 35.5. The van der Waals surface area contributed by atoms with Gasteiger partial charge in [-0.1, -0.05) is 11.6 Å². The van der Waals surface area contributed by atoms with Gasteiger partial charge in [0.2, 0.25) is 0 Å². The van der Waals surface area contributed by atoms with E-state index in [0.29, 0.717) is 29.4 Å². The molecule has 1 atom stereocenters. The van der Waals surface area contributed by atoms with Crippen molar-refractivity contribution >= 4 is 11.6 Å². The van der Waals surface area contributed by atoms with E-state index in [2.05, 4.69) is 0 Å². The van der Waals surface area contributed by atoms with E-state index in [1.807, 2.05) is 6.07 Å². The zero-order valence-electron chi connectivity index (χ0n) is 8.40. The maximum Gasteiger partial charge on any atom is 0.137 e. The fourth-order valence-electron chi connectivity index (χ4n) is 1.03. The molecule has 0 saturated carbocycles. The first kappa shape index (κ1) is 11.8. The molecule has 0 fully saturated rings. The Bertz CT molecular complexity index is 371. The average Bonchev–Trinajstić information content (AvgIpc) is 2.20. The van der Waals surface area contributed by atoms with Crippen LogP contribution in [-0.2, 0) is 0 Å². The molecule has 0 radical (unpaired) electrons. The quantitative estimate of drug-likeness (QED) is 0.856. The van der Waals surface area contributed by atoms with E-state index < -0.39 is 0 Å². The molecule has 4 heteroatoms. The molecule has 0 heterocycles. The van der Waals surface area contributed by atoms with Crippen molar-refractivity contribution in [2.45, 2.75) is 19.4 Å². The van der Waals surface area contributed by atoms with Crippen molar-refractivity contribution in [2.75, 3.05) is 6.61 Å². The molecule has 1 aromatic carbocycles.